The third-order valence-corrected chi connectivity index (χ3v) is 7.08. The topological polar surface area (TPSA) is 132 Å². The molecule has 0 fully saturated rings. The molecule has 12 heteroatoms. The number of nitrogens with zero attached hydrogens (tertiary/aromatic N) is 2. The third-order valence-electron chi connectivity index (χ3n) is 6.09. The van der Waals surface area contributed by atoms with Crippen LogP contribution in [0.3, 0.4) is 0 Å². The standard InChI is InChI=1S/C30H30N2O9S/c1-7-38-24-15-20(10-12-22(24)41-18(5)34)27-26(29(36)39-8-2)16(3)31-30-32(27)28(35)25(42-30)14-19-9-11-21(40-17(4)33)23(13-19)37-6/h9-15,27H,7-8H2,1-6H3. The van der Waals surface area contributed by atoms with Crippen LogP contribution in [0.15, 0.2) is 57.5 Å². The van der Waals surface area contributed by atoms with E-state index >= 15 is 0 Å². The SMILES string of the molecule is CCOC(=O)C1=C(C)N=c2sc(=Cc3ccc(OC(C)=O)c(OC)c3)c(=O)n2C1c1ccc(OC(C)=O)c(OCC)c1. The number of allylic oxidation sites excluding steroid dienone is 1. The molecule has 2 heterocycles. The Morgan fingerprint density at radius 2 is 1.62 bits per heavy atom. The molecule has 0 radical (unpaired) electrons. The second kappa shape index (κ2) is 12.9. The summed E-state index contributed by atoms with van der Waals surface area (Å²) >= 11 is 1.16. The first-order chi connectivity index (χ1) is 20.1. The summed E-state index contributed by atoms with van der Waals surface area (Å²) in [5, 5.41) is 0. The molecule has 4 rings (SSSR count). The van der Waals surface area contributed by atoms with E-state index in [1.165, 1.54) is 25.5 Å². The first kappa shape index (κ1) is 30.3. The Bertz CT molecular complexity index is 1770. The van der Waals surface area contributed by atoms with Crippen molar-refractivity contribution in [2.45, 2.75) is 40.7 Å². The second-order valence-corrected chi connectivity index (χ2v) is 10.0. The molecule has 0 saturated carbocycles. The summed E-state index contributed by atoms with van der Waals surface area (Å²) in [7, 11) is 1.45. The fourth-order valence-electron chi connectivity index (χ4n) is 4.47. The number of hydrogen-bond acceptors (Lipinski definition) is 11. The van der Waals surface area contributed by atoms with Crippen LogP contribution in [0.2, 0.25) is 0 Å². The number of thiazole rings is 1. The van der Waals surface area contributed by atoms with Crippen LogP contribution >= 0.6 is 11.3 Å². The molecular weight excluding hydrogens is 564 g/mol. The predicted molar refractivity (Wildman–Crippen MR) is 154 cm³/mol. The molecule has 0 bridgehead atoms. The zero-order valence-electron chi connectivity index (χ0n) is 24.0. The van der Waals surface area contributed by atoms with Gasteiger partial charge >= 0.3 is 17.9 Å². The summed E-state index contributed by atoms with van der Waals surface area (Å²) in [4.78, 5) is 55.2. The Balaban J connectivity index is 1.92. The zero-order valence-corrected chi connectivity index (χ0v) is 24.8. The maximum Gasteiger partial charge on any atom is 0.338 e. The fourth-order valence-corrected chi connectivity index (χ4v) is 5.52. The van der Waals surface area contributed by atoms with E-state index in [9.17, 15) is 19.2 Å². The van der Waals surface area contributed by atoms with Crippen LogP contribution in [0, 0.1) is 0 Å². The van der Waals surface area contributed by atoms with Crippen molar-refractivity contribution in [3.63, 3.8) is 0 Å². The number of fused-ring (bicyclic) bond motifs is 1. The molecule has 0 aliphatic carbocycles. The van der Waals surface area contributed by atoms with Crippen molar-refractivity contribution in [2.24, 2.45) is 4.99 Å². The number of hydrogen-bond donors (Lipinski definition) is 0. The molecular formula is C30H30N2O9S. The van der Waals surface area contributed by atoms with E-state index in [1.54, 1.807) is 63.2 Å². The van der Waals surface area contributed by atoms with Crippen LogP contribution in [-0.2, 0) is 19.1 Å². The second-order valence-electron chi connectivity index (χ2n) is 9.04. The first-order valence-electron chi connectivity index (χ1n) is 13.1. The van der Waals surface area contributed by atoms with Gasteiger partial charge in [0.25, 0.3) is 5.56 Å². The molecule has 1 aromatic heterocycles. The largest absolute Gasteiger partial charge is 0.493 e. The van der Waals surface area contributed by atoms with Gasteiger partial charge in [-0.2, -0.15) is 0 Å². The van der Waals surface area contributed by atoms with Crippen LogP contribution < -0.4 is 33.8 Å². The maximum atomic E-state index is 13.9. The van der Waals surface area contributed by atoms with Crippen LogP contribution in [0.5, 0.6) is 23.0 Å². The van der Waals surface area contributed by atoms with Gasteiger partial charge in [-0.15, -0.1) is 0 Å². The van der Waals surface area contributed by atoms with E-state index in [4.69, 9.17) is 23.7 Å². The van der Waals surface area contributed by atoms with Gasteiger partial charge in [0.1, 0.15) is 0 Å². The highest BCUT2D eigenvalue weighted by molar-refractivity contribution is 7.07. The van der Waals surface area contributed by atoms with E-state index < -0.39 is 23.9 Å². The Morgan fingerprint density at radius 3 is 2.24 bits per heavy atom. The normalized spacial score (nSPS) is 14.5. The minimum absolute atomic E-state index is 0.132. The van der Waals surface area contributed by atoms with Gasteiger partial charge in [-0.3, -0.25) is 19.0 Å². The van der Waals surface area contributed by atoms with Crippen molar-refractivity contribution in [3.8, 4) is 23.0 Å². The van der Waals surface area contributed by atoms with Crippen LogP contribution in [0.1, 0.15) is 51.8 Å². The van der Waals surface area contributed by atoms with Gasteiger partial charge in [-0.05, 0) is 62.2 Å². The number of carbonyl (C=O) groups excluding carboxylic acids is 3. The molecule has 2 aromatic carbocycles. The molecule has 0 spiro atoms. The average Bonchev–Trinajstić information content (AvgIpc) is 3.23. The van der Waals surface area contributed by atoms with Crippen LogP contribution in [0.25, 0.3) is 6.08 Å². The van der Waals surface area contributed by atoms with Gasteiger partial charge in [0.2, 0.25) is 0 Å². The molecule has 3 aromatic rings. The van der Waals surface area contributed by atoms with Crippen molar-refractivity contribution in [1.82, 2.24) is 4.57 Å². The number of benzene rings is 2. The lowest BCUT2D eigenvalue weighted by molar-refractivity contribution is -0.139. The lowest BCUT2D eigenvalue weighted by Gasteiger charge is -2.25. The van der Waals surface area contributed by atoms with Crippen molar-refractivity contribution >= 4 is 35.3 Å². The summed E-state index contributed by atoms with van der Waals surface area (Å²) in [5.74, 6) is -0.546. The van der Waals surface area contributed by atoms with Gasteiger partial charge in [0.15, 0.2) is 27.8 Å². The van der Waals surface area contributed by atoms with Crippen LogP contribution in [-0.4, -0.2) is 42.8 Å². The average molecular weight is 595 g/mol. The highest BCUT2D eigenvalue weighted by atomic mass is 32.1. The highest BCUT2D eigenvalue weighted by Gasteiger charge is 2.34. The maximum absolute atomic E-state index is 13.9. The minimum Gasteiger partial charge on any atom is -0.493 e. The molecule has 1 unspecified atom stereocenters. The summed E-state index contributed by atoms with van der Waals surface area (Å²) < 4.78 is 28.7. The van der Waals surface area contributed by atoms with Gasteiger partial charge in [0.05, 0.1) is 42.2 Å². The van der Waals surface area contributed by atoms with Gasteiger partial charge < -0.3 is 23.7 Å². The molecule has 220 valence electrons. The van der Waals surface area contributed by atoms with Crippen molar-refractivity contribution < 1.29 is 38.1 Å². The Labute approximate surface area is 245 Å². The van der Waals surface area contributed by atoms with E-state index in [-0.39, 0.29) is 35.0 Å². The van der Waals surface area contributed by atoms with E-state index in [2.05, 4.69) is 4.99 Å². The van der Waals surface area contributed by atoms with Gasteiger partial charge in [-0.25, -0.2) is 9.79 Å². The minimum atomic E-state index is -0.895. The van der Waals surface area contributed by atoms with Crippen molar-refractivity contribution in [3.05, 3.63) is 78.5 Å². The van der Waals surface area contributed by atoms with Crippen molar-refractivity contribution in [1.29, 1.82) is 0 Å². The summed E-state index contributed by atoms with van der Waals surface area (Å²) in [6, 6.07) is 8.88. The highest BCUT2D eigenvalue weighted by Crippen LogP contribution is 2.36. The zero-order chi connectivity index (χ0) is 30.6. The number of methoxy groups -OCH3 is 1. The molecule has 1 aliphatic heterocycles. The summed E-state index contributed by atoms with van der Waals surface area (Å²) in [6.07, 6.45) is 1.67. The lowest BCUT2D eigenvalue weighted by atomic mass is 9.95. The van der Waals surface area contributed by atoms with Gasteiger partial charge in [0, 0.05) is 13.8 Å². The molecule has 42 heavy (non-hydrogen) atoms. The fraction of sp³-hybridized carbons (Fsp3) is 0.300. The van der Waals surface area contributed by atoms with Crippen molar-refractivity contribution in [2.75, 3.05) is 20.3 Å². The quantitative estimate of drug-likeness (QED) is 0.271. The smallest absolute Gasteiger partial charge is 0.338 e. The molecule has 1 aliphatic rings. The molecule has 11 nitrogen and oxygen atoms in total. The van der Waals surface area contributed by atoms with Gasteiger partial charge in [-0.1, -0.05) is 23.5 Å². The Hall–Kier alpha value is -4.71. The molecule has 0 N–H and O–H groups in total. The number of rotatable bonds is 9. The monoisotopic (exact) mass is 594 g/mol. The number of carbonyl (C=O) groups is 3. The third kappa shape index (κ3) is 6.28. The number of esters is 3. The Morgan fingerprint density at radius 1 is 0.952 bits per heavy atom. The lowest BCUT2D eigenvalue weighted by Crippen LogP contribution is -2.40. The molecule has 0 amide bonds. The number of ether oxygens (including phenoxy) is 5. The number of aromatic nitrogens is 1. The van der Waals surface area contributed by atoms with E-state index in [0.29, 0.717) is 38.5 Å². The van der Waals surface area contributed by atoms with E-state index in [0.717, 1.165) is 11.3 Å². The summed E-state index contributed by atoms with van der Waals surface area (Å²) in [5.41, 5.74) is 1.37. The van der Waals surface area contributed by atoms with E-state index in [1.807, 2.05) is 0 Å². The summed E-state index contributed by atoms with van der Waals surface area (Å²) in [6.45, 7) is 8.17. The predicted octanol–water partition coefficient (Wildman–Crippen LogP) is 3.06. The first-order valence-corrected chi connectivity index (χ1v) is 13.9. The molecule has 1 atom stereocenters. The molecule has 0 saturated heterocycles. The Kier molecular flexibility index (Phi) is 9.26. The van der Waals surface area contributed by atoms with Crippen LogP contribution in [0.4, 0.5) is 0 Å².